The van der Waals surface area contributed by atoms with Gasteiger partial charge >= 0.3 is 8.03 Å². The minimum atomic E-state index is -2.16. The molecule has 2 rings (SSSR count). The second-order valence-corrected chi connectivity index (χ2v) is 3.73. The minimum absolute atomic E-state index is 0.0873. The first-order valence-corrected chi connectivity index (χ1v) is 5.22. The van der Waals surface area contributed by atoms with Crippen molar-refractivity contribution >= 4 is 19.1 Å². The predicted molar refractivity (Wildman–Crippen MR) is 49.6 cm³/mol. The van der Waals surface area contributed by atoms with Gasteiger partial charge in [0.1, 0.15) is 0 Å². The molecule has 0 aliphatic carbocycles. The standard InChI is InChI=1S/C8H7N2O2P/c11-13(12)5-8-9-6-3-1-2-4-7(6)10-8/h1-4H,5H2,(H-,9,10,11,12)/p+1. The number of benzene rings is 1. The number of hydrogen-bond acceptors (Lipinski definition) is 2. The van der Waals surface area contributed by atoms with Crippen LogP contribution in [0, 0.1) is 0 Å². The van der Waals surface area contributed by atoms with Gasteiger partial charge in [-0.25, -0.2) is 4.98 Å². The van der Waals surface area contributed by atoms with E-state index in [1.807, 2.05) is 24.3 Å². The largest absolute Gasteiger partial charge is 0.513 e. The smallest absolute Gasteiger partial charge is 0.338 e. The molecule has 0 saturated heterocycles. The maximum absolute atomic E-state index is 10.5. The average Bonchev–Trinajstić information content (AvgIpc) is 2.44. The van der Waals surface area contributed by atoms with E-state index in [2.05, 4.69) is 9.97 Å². The van der Waals surface area contributed by atoms with Crippen molar-refractivity contribution in [1.29, 1.82) is 0 Å². The summed E-state index contributed by atoms with van der Waals surface area (Å²) in [5.74, 6) is 0.560. The minimum Gasteiger partial charge on any atom is -0.338 e. The van der Waals surface area contributed by atoms with Crippen LogP contribution in [0.5, 0.6) is 0 Å². The van der Waals surface area contributed by atoms with Crippen LogP contribution in [0.1, 0.15) is 5.82 Å². The first-order valence-electron chi connectivity index (χ1n) is 3.83. The van der Waals surface area contributed by atoms with Crippen LogP contribution in [0.4, 0.5) is 0 Å². The third-order valence-electron chi connectivity index (χ3n) is 1.72. The van der Waals surface area contributed by atoms with Crippen molar-refractivity contribution in [2.75, 3.05) is 0 Å². The Hall–Kier alpha value is -1.25. The van der Waals surface area contributed by atoms with Crippen LogP contribution in [0.15, 0.2) is 24.3 Å². The van der Waals surface area contributed by atoms with E-state index in [4.69, 9.17) is 4.89 Å². The fourth-order valence-electron chi connectivity index (χ4n) is 1.21. The Morgan fingerprint density at radius 1 is 1.46 bits per heavy atom. The predicted octanol–water partition coefficient (Wildman–Crippen LogP) is 1.80. The normalized spacial score (nSPS) is 11.9. The van der Waals surface area contributed by atoms with Gasteiger partial charge in [0, 0.05) is 0 Å². The number of nitrogens with one attached hydrogen (secondary N) is 1. The first kappa shape index (κ1) is 8.35. The lowest BCUT2D eigenvalue weighted by molar-refractivity contribution is 0.501. The summed E-state index contributed by atoms with van der Waals surface area (Å²) in [5.41, 5.74) is 1.73. The van der Waals surface area contributed by atoms with Gasteiger partial charge in [-0.05, 0) is 16.7 Å². The number of fused-ring (bicyclic) bond motifs is 1. The van der Waals surface area contributed by atoms with E-state index in [0.29, 0.717) is 5.82 Å². The summed E-state index contributed by atoms with van der Waals surface area (Å²) in [7, 11) is -2.16. The molecular weight excluding hydrogens is 187 g/mol. The second-order valence-electron chi connectivity index (χ2n) is 2.71. The highest BCUT2D eigenvalue weighted by Gasteiger charge is 2.14. The summed E-state index contributed by atoms with van der Waals surface area (Å²) in [4.78, 5) is 15.8. The molecule has 1 heterocycles. The Bertz CT molecular complexity index is 419. The molecule has 1 atom stereocenters. The van der Waals surface area contributed by atoms with Crippen molar-refractivity contribution in [3.63, 3.8) is 0 Å². The monoisotopic (exact) mass is 195 g/mol. The Labute approximate surface area is 75.5 Å². The van der Waals surface area contributed by atoms with Crippen LogP contribution in [-0.2, 0) is 10.7 Å². The summed E-state index contributed by atoms with van der Waals surface area (Å²) < 4.78 is 10.5. The molecule has 0 aliphatic heterocycles. The highest BCUT2D eigenvalue weighted by atomic mass is 31.1. The highest BCUT2D eigenvalue weighted by Crippen LogP contribution is 2.21. The second kappa shape index (κ2) is 3.24. The lowest BCUT2D eigenvalue weighted by atomic mass is 10.3. The molecule has 1 unspecified atom stereocenters. The number of nitrogens with zero attached hydrogens (tertiary/aromatic N) is 1. The van der Waals surface area contributed by atoms with Crippen molar-refractivity contribution in [2.24, 2.45) is 0 Å². The lowest BCUT2D eigenvalue weighted by Gasteiger charge is -1.81. The van der Waals surface area contributed by atoms with E-state index in [1.165, 1.54) is 0 Å². The van der Waals surface area contributed by atoms with Gasteiger partial charge in [0.05, 0.1) is 11.0 Å². The molecule has 1 aromatic carbocycles. The lowest BCUT2D eigenvalue weighted by Crippen LogP contribution is -1.81. The van der Waals surface area contributed by atoms with Crippen molar-refractivity contribution in [3.8, 4) is 0 Å². The molecule has 2 aromatic rings. The van der Waals surface area contributed by atoms with Gasteiger partial charge in [0.2, 0.25) is 6.16 Å². The zero-order valence-corrected chi connectivity index (χ0v) is 7.66. The molecule has 0 fully saturated rings. The van der Waals surface area contributed by atoms with Crippen LogP contribution < -0.4 is 0 Å². The Kier molecular flexibility index (Phi) is 2.08. The number of hydrogen-bond donors (Lipinski definition) is 2. The number of rotatable bonds is 2. The van der Waals surface area contributed by atoms with Gasteiger partial charge < -0.3 is 4.98 Å². The first-order chi connectivity index (χ1) is 6.25. The van der Waals surface area contributed by atoms with Crippen LogP contribution in [0.2, 0.25) is 0 Å². The summed E-state index contributed by atoms with van der Waals surface area (Å²) >= 11 is 0. The van der Waals surface area contributed by atoms with E-state index in [0.717, 1.165) is 11.0 Å². The Balaban J connectivity index is 2.44. The van der Waals surface area contributed by atoms with Gasteiger partial charge in [0.15, 0.2) is 5.82 Å². The summed E-state index contributed by atoms with van der Waals surface area (Å²) in [6.07, 6.45) is 0.0873. The molecule has 0 amide bonds. The fourth-order valence-corrected chi connectivity index (χ4v) is 1.61. The SMILES string of the molecule is O=[P+](O)Cc1nc2ccccc2[nH]1. The van der Waals surface area contributed by atoms with E-state index < -0.39 is 8.03 Å². The van der Waals surface area contributed by atoms with E-state index in [1.54, 1.807) is 0 Å². The number of H-pyrrole nitrogens is 1. The molecule has 5 heteroatoms. The molecule has 0 saturated carbocycles. The molecule has 0 bridgehead atoms. The van der Waals surface area contributed by atoms with Gasteiger partial charge in [-0.2, -0.15) is 4.89 Å². The molecular formula is C8H8N2O2P+. The highest BCUT2D eigenvalue weighted by molar-refractivity contribution is 7.37. The number of para-hydroxylation sites is 2. The zero-order valence-electron chi connectivity index (χ0n) is 6.77. The fraction of sp³-hybridized carbons (Fsp3) is 0.125. The maximum atomic E-state index is 10.5. The van der Waals surface area contributed by atoms with Crippen LogP contribution in [0.25, 0.3) is 11.0 Å². The van der Waals surface area contributed by atoms with Crippen molar-refractivity contribution in [2.45, 2.75) is 6.16 Å². The summed E-state index contributed by atoms with van der Waals surface area (Å²) in [6.45, 7) is 0. The molecule has 0 radical (unpaired) electrons. The van der Waals surface area contributed by atoms with Gasteiger partial charge in [-0.3, -0.25) is 0 Å². The van der Waals surface area contributed by atoms with Crippen LogP contribution in [-0.4, -0.2) is 14.9 Å². The molecule has 2 N–H and O–H groups in total. The number of aromatic amines is 1. The van der Waals surface area contributed by atoms with Crippen LogP contribution in [0.3, 0.4) is 0 Å². The van der Waals surface area contributed by atoms with Gasteiger partial charge in [-0.1, -0.05) is 12.1 Å². The molecule has 66 valence electrons. The van der Waals surface area contributed by atoms with Crippen molar-refractivity contribution < 1.29 is 9.46 Å². The molecule has 13 heavy (non-hydrogen) atoms. The molecule has 4 nitrogen and oxygen atoms in total. The third-order valence-corrected chi connectivity index (χ3v) is 2.29. The molecule has 0 spiro atoms. The van der Waals surface area contributed by atoms with E-state index >= 15 is 0 Å². The third kappa shape index (κ3) is 1.74. The Morgan fingerprint density at radius 3 is 2.92 bits per heavy atom. The quantitative estimate of drug-likeness (QED) is 0.718. The molecule has 0 aliphatic rings. The van der Waals surface area contributed by atoms with Gasteiger partial charge in [0.25, 0.3) is 0 Å². The zero-order chi connectivity index (χ0) is 9.26. The van der Waals surface area contributed by atoms with Crippen molar-refractivity contribution in [1.82, 2.24) is 9.97 Å². The van der Waals surface area contributed by atoms with Gasteiger partial charge in [-0.15, -0.1) is 0 Å². The summed E-state index contributed by atoms with van der Waals surface area (Å²) in [5, 5.41) is 0. The van der Waals surface area contributed by atoms with E-state index in [-0.39, 0.29) is 6.16 Å². The average molecular weight is 195 g/mol. The summed E-state index contributed by atoms with van der Waals surface area (Å²) in [6, 6.07) is 7.52. The van der Waals surface area contributed by atoms with Crippen molar-refractivity contribution in [3.05, 3.63) is 30.1 Å². The topological polar surface area (TPSA) is 66.0 Å². The molecule has 1 aromatic heterocycles. The maximum Gasteiger partial charge on any atom is 0.513 e. The Morgan fingerprint density at radius 2 is 2.23 bits per heavy atom. The number of imidazole rings is 1. The number of aromatic nitrogens is 2. The van der Waals surface area contributed by atoms with E-state index in [9.17, 15) is 4.57 Å². The van der Waals surface area contributed by atoms with Crippen LogP contribution >= 0.6 is 8.03 Å².